The van der Waals surface area contributed by atoms with E-state index in [4.69, 9.17) is 0 Å². The number of nitrogens with zero attached hydrogens (tertiary/aromatic N) is 1. The second kappa shape index (κ2) is 9.19. The van der Waals surface area contributed by atoms with E-state index in [0.717, 1.165) is 56.0 Å². The minimum absolute atomic E-state index is 0.0355. The lowest BCUT2D eigenvalue weighted by Gasteiger charge is -2.38. The highest BCUT2D eigenvalue weighted by molar-refractivity contribution is 6.17. The van der Waals surface area contributed by atoms with E-state index in [-0.39, 0.29) is 5.91 Å². The topological polar surface area (TPSA) is 48.1 Å². The van der Waals surface area contributed by atoms with E-state index in [2.05, 4.69) is 126 Å². The Labute approximate surface area is 255 Å². The molecule has 0 radical (unpaired) electrons. The van der Waals surface area contributed by atoms with Crippen molar-refractivity contribution in [1.82, 2.24) is 4.98 Å². The van der Waals surface area contributed by atoms with Gasteiger partial charge >= 0.3 is 0 Å². The molecule has 0 fully saturated rings. The number of aromatic amines is 1. The van der Waals surface area contributed by atoms with Crippen LogP contribution in [0.4, 0.5) is 11.4 Å². The SMILES string of the molecule is Cc1c(-c2ccccc2)[nH]c2c3c(ccc12)C1(Nc2ccccc2-3)C(=O)N(Cc2cccc3ccccc23)c2ccccc21. The molecule has 1 atom stereocenters. The van der Waals surface area contributed by atoms with Gasteiger partial charge in [-0.2, -0.15) is 0 Å². The van der Waals surface area contributed by atoms with E-state index in [1.165, 1.54) is 21.7 Å². The monoisotopic (exact) mass is 567 g/mol. The minimum atomic E-state index is -1.06. The summed E-state index contributed by atoms with van der Waals surface area (Å²) in [6, 6.07) is 46.2. The number of hydrogen-bond donors (Lipinski definition) is 2. The summed E-state index contributed by atoms with van der Waals surface area (Å²) in [6.45, 7) is 2.66. The molecule has 4 heteroatoms. The lowest BCUT2D eigenvalue weighted by molar-refractivity contribution is -0.121. The number of hydrogen-bond acceptors (Lipinski definition) is 2. The summed E-state index contributed by atoms with van der Waals surface area (Å²) in [5.74, 6) is 0.0355. The maximum atomic E-state index is 15.1. The standard InChI is InChI=1S/C40H29N3O/c1-25-29-22-23-33-36(38(29)41-37(25)27-13-3-2-4-14-27)31-18-7-9-20-34(31)42-40(33)32-19-8-10-21-35(32)43(39(40)44)24-28-16-11-15-26-12-5-6-17-30(26)28/h2-23,41-42H,24H2,1H3. The largest absolute Gasteiger partial charge is 0.363 e. The number of fused-ring (bicyclic) bond motifs is 9. The van der Waals surface area contributed by atoms with Crippen LogP contribution in [0.15, 0.2) is 133 Å². The highest BCUT2D eigenvalue weighted by Gasteiger charge is 2.55. The first-order chi connectivity index (χ1) is 21.6. The predicted molar refractivity (Wildman–Crippen MR) is 180 cm³/mol. The van der Waals surface area contributed by atoms with Crippen LogP contribution in [0.5, 0.6) is 0 Å². The molecule has 2 aliphatic heterocycles. The molecule has 0 aliphatic carbocycles. The summed E-state index contributed by atoms with van der Waals surface area (Å²) in [7, 11) is 0. The number of anilines is 2. The summed E-state index contributed by atoms with van der Waals surface area (Å²) in [6.07, 6.45) is 0. The van der Waals surface area contributed by atoms with Crippen molar-refractivity contribution in [2.45, 2.75) is 19.0 Å². The van der Waals surface area contributed by atoms with Gasteiger partial charge in [0, 0.05) is 39.0 Å². The van der Waals surface area contributed by atoms with E-state index in [1.807, 2.05) is 29.2 Å². The summed E-state index contributed by atoms with van der Waals surface area (Å²) in [5.41, 5.74) is 10.6. The number of rotatable bonds is 3. The molecule has 0 saturated heterocycles. The van der Waals surface area contributed by atoms with E-state index in [9.17, 15) is 0 Å². The van der Waals surface area contributed by atoms with Crippen LogP contribution < -0.4 is 10.2 Å². The second-order valence-electron chi connectivity index (χ2n) is 11.9. The first-order valence-corrected chi connectivity index (χ1v) is 15.1. The van der Waals surface area contributed by atoms with E-state index >= 15 is 4.79 Å². The zero-order valence-corrected chi connectivity index (χ0v) is 24.3. The van der Waals surface area contributed by atoms with Crippen LogP contribution in [0.1, 0.15) is 22.3 Å². The maximum Gasteiger partial charge on any atom is 0.262 e. The van der Waals surface area contributed by atoms with Crippen molar-refractivity contribution in [2.24, 2.45) is 0 Å². The van der Waals surface area contributed by atoms with Crippen molar-refractivity contribution < 1.29 is 4.79 Å². The van der Waals surface area contributed by atoms with Crippen LogP contribution in [0.3, 0.4) is 0 Å². The van der Waals surface area contributed by atoms with Gasteiger partial charge in [-0.1, -0.05) is 121 Å². The van der Waals surface area contributed by atoms with Crippen molar-refractivity contribution in [1.29, 1.82) is 0 Å². The molecule has 9 rings (SSSR count). The summed E-state index contributed by atoms with van der Waals surface area (Å²) in [4.78, 5) is 20.9. The third-order valence-corrected chi connectivity index (χ3v) is 9.59. The average Bonchev–Trinajstić information content (AvgIpc) is 3.53. The Hall–Kier alpha value is -5.61. The maximum absolute atomic E-state index is 15.1. The number of aromatic nitrogens is 1. The van der Waals surface area contributed by atoms with Crippen molar-refractivity contribution in [2.75, 3.05) is 10.2 Å². The third kappa shape index (κ3) is 3.31. The van der Waals surface area contributed by atoms with Gasteiger partial charge < -0.3 is 15.2 Å². The summed E-state index contributed by atoms with van der Waals surface area (Å²) >= 11 is 0. The lowest BCUT2D eigenvalue weighted by atomic mass is 9.75. The molecule has 1 aromatic heterocycles. The molecule has 1 amide bonds. The normalized spacial score (nSPS) is 16.7. The number of benzene rings is 6. The first kappa shape index (κ1) is 24.9. The van der Waals surface area contributed by atoms with Gasteiger partial charge in [0.25, 0.3) is 5.91 Å². The van der Waals surface area contributed by atoms with Gasteiger partial charge in [-0.05, 0) is 46.5 Å². The van der Waals surface area contributed by atoms with Gasteiger partial charge in [0.05, 0.1) is 17.7 Å². The fraction of sp³-hybridized carbons (Fsp3) is 0.0750. The number of aryl methyl sites for hydroxylation is 1. The molecule has 7 aromatic rings. The molecule has 0 saturated carbocycles. The van der Waals surface area contributed by atoms with Crippen molar-refractivity contribution in [3.05, 3.63) is 156 Å². The van der Waals surface area contributed by atoms with Crippen molar-refractivity contribution in [3.63, 3.8) is 0 Å². The molecule has 0 bridgehead atoms. The molecule has 210 valence electrons. The number of carbonyl (C=O) groups is 1. The molecule has 44 heavy (non-hydrogen) atoms. The van der Waals surface area contributed by atoms with Crippen LogP contribution in [-0.4, -0.2) is 10.9 Å². The molecule has 4 nitrogen and oxygen atoms in total. The number of carbonyl (C=O) groups excluding carboxylic acids is 1. The highest BCUT2D eigenvalue weighted by atomic mass is 16.2. The Bertz CT molecular complexity index is 2280. The molecule has 2 N–H and O–H groups in total. The smallest absolute Gasteiger partial charge is 0.262 e. The molecule has 1 spiro atoms. The van der Waals surface area contributed by atoms with Gasteiger partial charge in [0.2, 0.25) is 0 Å². The quantitative estimate of drug-likeness (QED) is 0.224. The Morgan fingerprint density at radius 1 is 0.682 bits per heavy atom. The van der Waals surface area contributed by atoms with E-state index in [0.29, 0.717) is 6.54 Å². The van der Waals surface area contributed by atoms with Crippen molar-refractivity contribution >= 4 is 39.0 Å². The van der Waals surface area contributed by atoms with Crippen LogP contribution >= 0.6 is 0 Å². The molecule has 1 unspecified atom stereocenters. The van der Waals surface area contributed by atoms with Gasteiger partial charge in [-0.3, -0.25) is 4.79 Å². The second-order valence-corrected chi connectivity index (χ2v) is 11.9. The molecular formula is C40H29N3O. The van der Waals surface area contributed by atoms with Crippen LogP contribution in [-0.2, 0) is 16.9 Å². The number of nitrogens with one attached hydrogen (secondary N) is 2. The van der Waals surface area contributed by atoms with Gasteiger partial charge in [-0.25, -0.2) is 0 Å². The number of para-hydroxylation sites is 2. The zero-order valence-electron chi connectivity index (χ0n) is 24.3. The van der Waals surface area contributed by atoms with Crippen LogP contribution in [0.25, 0.3) is 44.1 Å². The van der Waals surface area contributed by atoms with Crippen molar-refractivity contribution in [3.8, 4) is 22.4 Å². The fourth-order valence-electron chi connectivity index (χ4n) is 7.56. The summed E-state index contributed by atoms with van der Waals surface area (Å²) in [5, 5.41) is 7.31. The van der Waals surface area contributed by atoms with Gasteiger partial charge in [0.15, 0.2) is 5.54 Å². The van der Waals surface area contributed by atoms with Gasteiger partial charge in [0.1, 0.15) is 0 Å². The molecule has 3 heterocycles. The Kier molecular flexibility index (Phi) is 5.21. The lowest BCUT2D eigenvalue weighted by Crippen LogP contribution is -2.48. The first-order valence-electron chi connectivity index (χ1n) is 15.1. The molecular weight excluding hydrogens is 538 g/mol. The Morgan fingerprint density at radius 3 is 2.34 bits per heavy atom. The number of amides is 1. The third-order valence-electron chi connectivity index (χ3n) is 9.59. The summed E-state index contributed by atoms with van der Waals surface area (Å²) < 4.78 is 0. The Balaban J connectivity index is 1.29. The zero-order chi connectivity index (χ0) is 29.4. The molecule has 2 aliphatic rings. The van der Waals surface area contributed by atoms with Crippen LogP contribution in [0, 0.1) is 6.92 Å². The minimum Gasteiger partial charge on any atom is -0.363 e. The molecule has 6 aromatic carbocycles. The van der Waals surface area contributed by atoms with Gasteiger partial charge in [-0.15, -0.1) is 0 Å². The highest BCUT2D eigenvalue weighted by Crippen LogP contribution is 2.55. The van der Waals surface area contributed by atoms with E-state index in [1.54, 1.807) is 0 Å². The van der Waals surface area contributed by atoms with E-state index < -0.39 is 5.54 Å². The Morgan fingerprint density at radius 2 is 1.43 bits per heavy atom. The fourth-order valence-corrected chi connectivity index (χ4v) is 7.56. The average molecular weight is 568 g/mol. The predicted octanol–water partition coefficient (Wildman–Crippen LogP) is 9.18. The van der Waals surface area contributed by atoms with Crippen LogP contribution in [0.2, 0.25) is 0 Å². The number of H-pyrrole nitrogens is 1.